The second-order valence-corrected chi connectivity index (χ2v) is 7.46. The van der Waals surface area contributed by atoms with E-state index in [1.165, 1.54) is 19.3 Å². The lowest BCUT2D eigenvalue weighted by Gasteiger charge is -2.27. The number of amides is 1. The highest BCUT2D eigenvalue weighted by atomic mass is 16.5. The van der Waals surface area contributed by atoms with Crippen LogP contribution in [0.3, 0.4) is 0 Å². The average molecular weight is 402 g/mol. The number of nitrogens with one attached hydrogen (secondary N) is 1. The van der Waals surface area contributed by atoms with Gasteiger partial charge in [0.1, 0.15) is 5.75 Å². The van der Waals surface area contributed by atoms with E-state index in [0.29, 0.717) is 11.4 Å². The topological polar surface area (TPSA) is 67.3 Å². The lowest BCUT2D eigenvalue weighted by molar-refractivity contribution is -0.122. The fraction of sp³-hybridized carbons (Fsp3) is 0.292. The maximum atomic E-state index is 12.4. The van der Waals surface area contributed by atoms with Gasteiger partial charge < -0.3 is 15.0 Å². The summed E-state index contributed by atoms with van der Waals surface area (Å²) in [4.78, 5) is 14.7. The molecular formula is C24H26N4O2. The average Bonchev–Trinajstić information content (AvgIpc) is 2.81. The van der Waals surface area contributed by atoms with Gasteiger partial charge in [0.25, 0.3) is 5.91 Å². The van der Waals surface area contributed by atoms with Crippen LogP contribution < -0.4 is 15.0 Å². The highest BCUT2D eigenvalue weighted by Gasteiger charge is 2.15. The van der Waals surface area contributed by atoms with E-state index in [1.54, 1.807) is 6.92 Å². The molecule has 0 aliphatic carbocycles. The standard InChI is InChI=1S/C24H26N4O2/c1-18(30-21-8-4-2-5-9-21)24(29)25-20-12-10-19(11-13-20)22-14-15-23(27-26-22)28-16-6-3-7-17-28/h2,4-5,8-15,18H,3,6-7,16-17H2,1H3,(H,25,29). The Morgan fingerprint density at radius 1 is 0.933 bits per heavy atom. The van der Waals surface area contributed by atoms with Gasteiger partial charge in [-0.05, 0) is 62.6 Å². The summed E-state index contributed by atoms with van der Waals surface area (Å²) in [5.74, 6) is 1.41. The Balaban J connectivity index is 1.36. The molecule has 0 spiro atoms. The smallest absolute Gasteiger partial charge is 0.265 e. The van der Waals surface area contributed by atoms with E-state index in [2.05, 4.69) is 20.4 Å². The number of nitrogens with zero attached hydrogens (tertiary/aromatic N) is 3. The third kappa shape index (κ3) is 4.95. The number of piperidine rings is 1. The molecule has 4 rings (SSSR count). The zero-order valence-corrected chi connectivity index (χ0v) is 17.1. The second kappa shape index (κ2) is 9.39. The van der Waals surface area contributed by atoms with Gasteiger partial charge in [0.15, 0.2) is 11.9 Å². The van der Waals surface area contributed by atoms with Crippen molar-refractivity contribution in [2.75, 3.05) is 23.3 Å². The summed E-state index contributed by atoms with van der Waals surface area (Å²) >= 11 is 0. The van der Waals surface area contributed by atoms with E-state index < -0.39 is 6.10 Å². The summed E-state index contributed by atoms with van der Waals surface area (Å²) in [6, 6.07) is 20.9. The van der Waals surface area contributed by atoms with E-state index in [4.69, 9.17) is 4.74 Å². The van der Waals surface area contributed by atoms with Gasteiger partial charge in [-0.2, -0.15) is 0 Å². The molecule has 0 bridgehead atoms. The number of benzene rings is 2. The molecule has 1 unspecified atom stereocenters. The van der Waals surface area contributed by atoms with Gasteiger partial charge in [-0.25, -0.2) is 0 Å². The van der Waals surface area contributed by atoms with Crippen molar-refractivity contribution in [2.45, 2.75) is 32.3 Å². The van der Waals surface area contributed by atoms with Crippen LogP contribution in [0.2, 0.25) is 0 Å². The molecule has 1 fully saturated rings. The third-order valence-electron chi connectivity index (χ3n) is 5.20. The minimum atomic E-state index is -0.597. The van der Waals surface area contributed by atoms with Gasteiger partial charge in [-0.15, -0.1) is 10.2 Å². The van der Waals surface area contributed by atoms with E-state index in [-0.39, 0.29) is 5.91 Å². The van der Waals surface area contributed by atoms with Crippen molar-refractivity contribution in [3.63, 3.8) is 0 Å². The predicted octanol–water partition coefficient (Wildman–Crippen LogP) is 4.54. The summed E-state index contributed by atoms with van der Waals surface area (Å²) < 4.78 is 5.67. The Kier molecular flexibility index (Phi) is 6.23. The molecule has 6 nitrogen and oxygen atoms in total. The summed E-state index contributed by atoms with van der Waals surface area (Å²) in [6.07, 6.45) is 3.12. The van der Waals surface area contributed by atoms with E-state index >= 15 is 0 Å². The number of carbonyl (C=O) groups is 1. The van der Waals surface area contributed by atoms with E-state index in [9.17, 15) is 4.79 Å². The molecule has 154 valence electrons. The van der Waals surface area contributed by atoms with Gasteiger partial charge in [-0.1, -0.05) is 30.3 Å². The molecule has 1 aliphatic heterocycles. The van der Waals surface area contributed by atoms with Crippen molar-refractivity contribution < 1.29 is 9.53 Å². The van der Waals surface area contributed by atoms with Gasteiger partial charge in [0, 0.05) is 24.3 Å². The Morgan fingerprint density at radius 2 is 1.67 bits per heavy atom. The molecule has 2 aromatic carbocycles. The molecule has 1 aliphatic rings. The number of ether oxygens (including phenoxy) is 1. The Morgan fingerprint density at radius 3 is 2.33 bits per heavy atom. The molecule has 1 amide bonds. The maximum Gasteiger partial charge on any atom is 0.265 e. The number of rotatable bonds is 6. The van der Waals surface area contributed by atoms with Crippen LogP contribution in [0, 0.1) is 0 Å². The highest BCUT2D eigenvalue weighted by molar-refractivity contribution is 5.94. The molecule has 30 heavy (non-hydrogen) atoms. The molecule has 1 saturated heterocycles. The number of carbonyl (C=O) groups excluding carboxylic acids is 1. The maximum absolute atomic E-state index is 12.4. The Hall–Kier alpha value is -3.41. The second-order valence-electron chi connectivity index (χ2n) is 7.46. The van der Waals surface area contributed by atoms with Crippen molar-refractivity contribution in [3.05, 3.63) is 66.7 Å². The van der Waals surface area contributed by atoms with E-state index in [0.717, 1.165) is 30.2 Å². The fourth-order valence-electron chi connectivity index (χ4n) is 3.50. The normalized spacial score (nSPS) is 14.8. The molecule has 1 N–H and O–H groups in total. The highest BCUT2D eigenvalue weighted by Crippen LogP contribution is 2.22. The lowest BCUT2D eigenvalue weighted by atomic mass is 10.1. The van der Waals surface area contributed by atoms with Gasteiger partial charge in [0.05, 0.1) is 5.69 Å². The predicted molar refractivity (Wildman–Crippen MR) is 119 cm³/mol. The first-order valence-electron chi connectivity index (χ1n) is 10.4. The fourth-order valence-corrected chi connectivity index (χ4v) is 3.50. The third-order valence-corrected chi connectivity index (χ3v) is 5.20. The van der Waals surface area contributed by atoms with Crippen LogP contribution in [-0.2, 0) is 4.79 Å². The monoisotopic (exact) mass is 402 g/mol. The first-order chi connectivity index (χ1) is 14.7. The number of hydrogen-bond acceptors (Lipinski definition) is 5. The zero-order valence-electron chi connectivity index (χ0n) is 17.1. The number of para-hydroxylation sites is 1. The summed E-state index contributed by atoms with van der Waals surface area (Å²) in [5, 5.41) is 11.7. The molecule has 6 heteroatoms. The molecule has 2 heterocycles. The van der Waals surface area contributed by atoms with Crippen LogP contribution in [0.15, 0.2) is 66.7 Å². The zero-order chi connectivity index (χ0) is 20.8. The molecule has 3 aromatic rings. The molecule has 0 saturated carbocycles. The SMILES string of the molecule is CC(Oc1ccccc1)C(=O)Nc1ccc(-c2ccc(N3CCCCC3)nn2)cc1. The van der Waals surface area contributed by atoms with Crippen LogP contribution in [-0.4, -0.2) is 35.3 Å². The number of hydrogen-bond donors (Lipinski definition) is 1. The molecule has 1 aromatic heterocycles. The van der Waals surface area contributed by atoms with Crippen LogP contribution in [0.5, 0.6) is 5.75 Å². The molecular weight excluding hydrogens is 376 g/mol. The number of anilines is 2. The van der Waals surface area contributed by atoms with Crippen molar-refractivity contribution in [1.29, 1.82) is 0 Å². The van der Waals surface area contributed by atoms with Crippen LogP contribution in [0.1, 0.15) is 26.2 Å². The minimum Gasteiger partial charge on any atom is -0.481 e. The van der Waals surface area contributed by atoms with Gasteiger partial charge in [-0.3, -0.25) is 4.79 Å². The largest absolute Gasteiger partial charge is 0.481 e. The van der Waals surface area contributed by atoms with Gasteiger partial charge >= 0.3 is 0 Å². The summed E-state index contributed by atoms with van der Waals surface area (Å²) in [7, 11) is 0. The van der Waals surface area contributed by atoms with Crippen LogP contribution in [0.25, 0.3) is 11.3 Å². The lowest BCUT2D eigenvalue weighted by Crippen LogP contribution is -2.30. The molecule has 1 atom stereocenters. The Labute approximate surface area is 176 Å². The van der Waals surface area contributed by atoms with Crippen LogP contribution >= 0.6 is 0 Å². The first kappa shape index (κ1) is 19.9. The van der Waals surface area contributed by atoms with Crippen molar-refractivity contribution in [3.8, 4) is 17.0 Å². The summed E-state index contributed by atoms with van der Waals surface area (Å²) in [6.45, 7) is 3.83. The van der Waals surface area contributed by atoms with E-state index in [1.807, 2.05) is 66.7 Å². The van der Waals surface area contributed by atoms with Crippen molar-refractivity contribution >= 4 is 17.4 Å². The van der Waals surface area contributed by atoms with Crippen molar-refractivity contribution in [2.24, 2.45) is 0 Å². The Bertz CT molecular complexity index is 953. The quantitative estimate of drug-likeness (QED) is 0.656. The number of aromatic nitrogens is 2. The van der Waals surface area contributed by atoms with Crippen molar-refractivity contribution in [1.82, 2.24) is 10.2 Å². The first-order valence-corrected chi connectivity index (χ1v) is 10.4. The minimum absolute atomic E-state index is 0.197. The summed E-state index contributed by atoms with van der Waals surface area (Å²) in [5.41, 5.74) is 2.49. The van der Waals surface area contributed by atoms with Crippen LogP contribution in [0.4, 0.5) is 11.5 Å². The molecule has 0 radical (unpaired) electrons. The van der Waals surface area contributed by atoms with Gasteiger partial charge in [0.2, 0.25) is 0 Å².